The molecule has 3 aromatic rings. The maximum absolute atomic E-state index is 9.58. The number of aromatic nitrogens is 1. The Morgan fingerprint density at radius 2 is 1.62 bits per heavy atom. The molecule has 29 heavy (non-hydrogen) atoms. The molecule has 1 aromatic heterocycles. The van der Waals surface area contributed by atoms with Gasteiger partial charge in [-0.05, 0) is 23.5 Å². The Labute approximate surface area is 171 Å². The van der Waals surface area contributed by atoms with Gasteiger partial charge in [0.25, 0.3) is 0 Å². The summed E-state index contributed by atoms with van der Waals surface area (Å²) in [7, 11) is 0. The smallest absolute Gasteiger partial charge is 0.234 e. The molecule has 5 heteroatoms. The van der Waals surface area contributed by atoms with Crippen molar-refractivity contribution >= 4 is 5.88 Å². The lowest BCUT2D eigenvalue weighted by atomic mass is 10.1. The van der Waals surface area contributed by atoms with Gasteiger partial charge in [-0.15, -0.1) is 0 Å². The van der Waals surface area contributed by atoms with Crippen LogP contribution in [0.25, 0.3) is 0 Å². The molecule has 1 saturated heterocycles. The van der Waals surface area contributed by atoms with Crippen LogP contribution in [0.1, 0.15) is 41.0 Å². The van der Waals surface area contributed by atoms with Crippen LogP contribution in [0.4, 0.5) is 5.88 Å². The summed E-state index contributed by atoms with van der Waals surface area (Å²) in [6.07, 6.45) is 1.04. The SMILES string of the molecule is N#Cc1nc([C@H]2C[C@@H]2c2ccccc2)oc1N1CCN(Cc2ccccc2)CC1. The standard InChI is InChI=1S/C24H24N4O/c25-16-22-24(28-13-11-27(12-14-28)17-18-7-3-1-4-8-18)29-23(26-22)21-15-20(21)19-9-5-2-6-10-19/h1-10,20-21H,11-15,17H2/t20-,21+/m1/s1. The molecule has 0 bridgehead atoms. The Morgan fingerprint density at radius 3 is 2.31 bits per heavy atom. The van der Waals surface area contributed by atoms with Gasteiger partial charge in [-0.3, -0.25) is 4.90 Å². The van der Waals surface area contributed by atoms with E-state index >= 15 is 0 Å². The second kappa shape index (κ2) is 7.73. The highest BCUT2D eigenvalue weighted by Gasteiger charge is 2.44. The lowest BCUT2D eigenvalue weighted by Gasteiger charge is -2.34. The van der Waals surface area contributed by atoms with Crippen LogP contribution in [0, 0.1) is 11.3 Å². The fourth-order valence-corrected chi connectivity index (χ4v) is 4.26. The third-order valence-electron chi connectivity index (χ3n) is 5.98. The van der Waals surface area contributed by atoms with Gasteiger partial charge in [0.15, 0.2) is 0 Å². The molecular formula is C24H24N4O. The fraction of sp³-hybridized carbons (Fsp3) is 0.333. The van der Waals surface area contributed by atoms with Crippen molar-refractivity contribution in [3.8, 4) is 6.07 Å². The van der Waals surface area contributed by atoms with Crippen LogP contribution in [-0.2, 0) is 6.54 Å². The van der Waals surface area contributed by atoms with E-state index in [4.69, 9.17) is 4.42 Å². The maximum Gasteiger partial charge on any atom is 0.234 e. The molecule has 2 aliphatic rings. The Hall–Kier alpha value is -3.10. The molecule has 1 saturated carbocycles. The van der Waals surface area contributed by atoms with Gasteiger partial charge in [0.1, 0.15) is 6.07 Å². The topological polar surface area (TPSA) is 56.3 Å². The van der Waals surface area contributed by atoms with Crippen molar-refractivity contribution < 1.29 is 4.42 Å². The number of piperazine rings is 1. The Morgan fingerprint density at radius 1 is 0.931 bits per heavy atom. The van der Waals surface area contributed by atoms with E-state index in [1.807, 2.05) is 6.07 Å². The number of oxazole rings is 1. The summed E-state index contributed by atoms with van der Waals surface area (Å²) in [5, 5.41) is 9.58. The van der Waals surface area contributed by atoms with Gasteiger partial charge in [0, 0.05) is 38.6 Å². The van der Waals surface area contributed by atoms with E-state index in [-0.39, 0.29) is 5.92 Å². The largest absolute Gasteiger partial charge is 0.423 e. The predicted molar refractivity (Wildman–Crippen MR) is 112 cm³/mol. The zero-order chi connectivity index (χ0) is 19.6. The van der Waals surface area contributed by atoms with Crippen molar-refractivity contribution in [3.05, 3.63) is 83.4 Å². The van der Waals surface area contributed by atoms with Gasteiger partial charge < -0.3 is 9.32 Å². The van der Waals surface area contributed by atoms with E-state index in [2.05, 4.69) is 75.5 Å². The van der Waals surface area contributed by atoms with Crippen LogP contribution >= 0.6 is 0 Å². The van der Waals surface area contributed by atoms with Crippen LogP contribution < -0.4 is 4.90 Å². The molecule has 0 radical (unpaired) electrons. The zero-order valence-corrected chi connectivity index (χ0v) is 16.4. The molecule has 0 spiro atoms. The molecule has 2 heterocycles. The lowest BCUT2D eigenvalue weighted by Crippen LogP contribution is -2.46. The van der Waals surface area contributed by atoms with Crippen LogP contribution in [0.5, 0.6) is 0 Å². The molecule has 0 unspecified atom stereocenters. The summed E-state index contributed by atoms with van der Waals surface area (Å²) >= 11 is 0. The molecule has 2 fully saturated rings. The highest BCUT2D eigenvalue weighted by molar-refractivity contribution is 5.49. The quantitative estimate of drug-likeness (QED) is 0.662. The third kappa shape index (κ3) is 3.76. The van der Waals surface area contributed by atoms with Gasteiger partial charge in [-0.1, -0.05) is 60.7 Å². The number of hydrogen-bond donors (Lipinski definition) is 0. The van der Waals surface area contributed by atoms with Gasteiger partial charge in [0.05, 0.1) is 0 Å². The summed E-state index contributed by atoms with van der Waals surface area (Å²) in [6.45, 7) is 4.56. The molecule has 1 aliphatic heterocycles. The second-order valence-corrected chi connectivity index (χ2v) is 7.93. The number of nitriles is 1. The van der Waals surface area contributed by atoms with Crippen LogP contribution in [0.15, 0.2) is 65.1 Å². The minimum atomic E-state index is 0.289. The number of nitrogens with zero attached hydrogens (tertiary/aromatic N) is 4. The fourth-order valence-electron chi connectivity index (χ4n) is 4.26. The molecule has 2 aromatic carbocycles. The summed E-state index contributed by atoms with van der Waals surface area (Å²) in [5.74, 6) is 2.12. The first kappa shape index (κ1) is 18.0. The Balaban J connectivity index is 1.25. The van der Waals surface area contributed by atoms with E-state index in [9.17, 15) is 5.26 Å². The van der Waals surface area contributed by atoms with E-state index in [0.29, 0.717) is 17.5 Å². The molecule has 146 valence electrons. The van der Waals surface area contributed by atoms with Crippen LogP contribution in [0.3, 0.4) is 0 Å². The van der Waals surface area contributed by atoms with Crippen molar-refractivity contribution in [2.45, 2.75) is 24.8 Å². The van der Waals surface area contributed by atoms with Gasteiger partial charge in [0.2, 0.25) is 17.5 Å². The second-order valence-electron chi connectivity index (χ2n) is 7.93. The average Bonchev–Trinajstić information content (AvgIpc) is 3.47. The van der Waals surface area contributed by atoms with Crippen LogP contribution in [-0.4, -0.2) is 36.1 Å². The van der Waals surface area contributed by atoms with E-state index in [0.717, 1.165) is 45.0 Å². The van der Waals surface area contributed by atoms with Gasteiger partial charge >= 0.3 is 0 Å². The molecule has 5 rings (SSSR count). The zero-order valence-electron chi connectivity index (χ0n) is 16.4. The monoisotopic (exact) mass is 384 g/mol. The Bertz CT molecular complexity index is 1000. The number of rotatable bonds is 5. The maximum atomic E-state index is 9.58. The molecular weight excluding hydrogens is 360 g/mol. The van der Waals surface area contributed by atoms with Crippen molar-refractivity contribution in [2.24, 2.45) is 0 Å². The Kier molecular flexibility index (Phi) is 4.79. The molecule has 5 nitrogen and oxygen atoms in total. The number of hydrogen-bond acceptors (Lipinski definition) is 5. The minimum Gasteiger partial charge on any atom is -0.423 e. The predicted octanol–water partition coefficient (Wildman–Crippen LogP) is 4.14. The molecule has 0 N–H and O–H groups in total. The average molecular weight is 384 g/mol. The molecule has 2 atom stereocenters. The van der Waals surface area contributed by atoms with E-state index < -0.39 is 0 Å². The van der Waals surface area contributed by atoms with Gasteiger partial charge in [-0.25, -0.2) is 4.98 Å². The normalized spacial score (nSPS) is 21.7. The number of anilines is 1. The van der Waals surface area contributed by atoms with Crippen molar-refractivity contribution in [1.29, 1.82) is 5.26 Å². The van der Waals surface area contributed by atoms with Gasteiger partial charge in [-0.2, -0.15) is 5.26 Å². The summed E-state index contributed by atoms with van der Waals surface area (Å²) in [6, 6.07) is 23.3. The molecule has 1 aliphatic carbocycles. The van der Waals surface area contributed by atoms with Crippen LogP contribution in [0.2, 0.25) is 0 Å². The van der Waals surface area contributed by atoms with Crippen molar-refractivity contribution in [3.63, 3.8) is 0 Å². The molecule has 0 amide bonds. The first-order chi connectivity index (χ1) is 14.3. The first-order valence-corrected chi connectivity index (χ1v) is 10.3. The van der Waals surface area contributed by atoms with E-state index in [1.54, 1.807) is 0 Å². The highest BCUT2D eigenvalue weighted by Crippen LogP contribution is 2.54. The summed E-state index contributed by atoms with van der Waals surface area (Å²) in [5.41, 5.74) is 3.09. The van der Waals surface area contributed by atoms with Crippen molar-refractivity contribution in [2.75, 3.05) is 31.1 Å². The van der Waals surface area contributed by atoms with Crippen molar-refractivity contribution in [1.82, 2.24) is 9.88 Å². The van der Waals surface area contributed by atoms with E-state index in [1.165, 1.54) is 11.1 Å². The summed E-state index contributed by atoms with van der Waals surface area (Å²) < 4.78 is 6.15. The number of benzene rings is 2. The highest BCUT2D eigenvalue weighted by atomic mass is 16.4. The first-order valence-electron chi connectivity index (χ1n) is 10.3. The third-order valence-corrected chi connectivity index (χ3v) is 5.98. The lowest BCUT2D eigenvalue weighted by molar-refractivity contribution is 0.245. The summed E-state index contributed by atoms with van der Waals surface area (Å²) in [4.78, 5) is 9.17. The minimum absolute atomic E-state index is 0.289.